The van der Waals surface area contributed by atoms with Crippen LogP contribution in [-0.2, 0) is 4.74 Å². The molecule has 198 valence electrons. The molecule has 12 heteroatoms. The summed E-state index contributed by atoms with van der Waals surface area (Å²) in [5.41, 5.74) is 2.19. The highest BCUT2D eigenvalue weighted by Gasteiger charge is 2.14. The Kier molecular flexibility index (Phi) is 8.43. The molecular formula is C26H29N7O4S. The van der Waals surface area contributed by atoms with E-state index < -0.39 is 0 Å². The van der Waals surface area contributed by atoms with Crippen LogP contribution in [0.25, 0.3) is 10.9 Å². The van der Waals surface area contributed by atoms with Crippen LogP contribution in [-0.4, -0.2) is 72.4 Å². The van der Waals surface area contributed by atoms with Crippen LogP contribution >= 0.6 is 11.3 Å². The predicted molar refractivity (Wildman–Crippen MR) is 148 cm³/mol. The molecular weight excluding hydrogens is 506 g/mol. The number of carbonyl (C=O) groups is 1. The molecule has 2 amide bonds. The lowest BCUT2D eigenvalue weighted by Gasteiger charge is -2.26. The highest BCUT2D eigenvalue weighted by molar-refractivity contribution is 7.13. The maximum Gasteiger partial charge on any atom is 0.325 e. The number of amides is 2. The second kappa shape index (κ2) is 12.5. The third-order valence-corrected chi connectivity index (χ3v) is 6.65. The Balaban J connectivity index is 1.24. The number of rotatable bonds is 10. The van der Waals surface area contributed by atoms with E-state index in [1.807, 2.05) is 24.3 Å². The summed E-state index contributed by atoms with van der Waals surface area (Å²) < 4.78 is 17.1. The van der Waals surface area contributed by atoms with Crippen molar-refractivity contribution in [3.8, 4) is 11.5 Å². The number of hydrogen-bond donors (Lipinski definition) is 3. The first kappa shape index (κ1) is 25.6. The van der Waals surface area contributed by atoms with Gasteiger partial charge in [-0.05, 0) is 36.8 Å². The summed E-state index contributed by atoms with van der Waals surface area (Å²) in [5, 5.41) is 12.0. The van der Waals surface area contributed by atoms with E-state index in [9.17, 15) is 4.79 Å². The maximum atomic E-state index is 12.1. The van der Waals surface area contributed by atoms with Gasteiger partial charge in [0.15, 0.2) is 16.6 Å². The van der Waals surface area contributed by atoms with Gasteiger partial charge in [-0.3, -0.25) is 10.2 Å². The highest BCUT2D eigenvalue weighted by atomic mass is 32.1. The van der Waals surface area contributed by atoms with E-state index in [-0.39, 0.29) is 6.03 Å². The topological polar surface area (TPSA) is 123 Å². The zero-order chi connectivity index (χ0) is 26.2. The van der Waals surface area contributed by atoms with Crippen LogP contribution in [0.5, 0.6) is 11.5 Å². The third-order valence-electron chi connectivity index (χ3n) is 5.96. The van der Waals surface area contributed by atoms with Crippen molar-refractivity contribution in [2.24, 2.45) is 0 Å². The monoisotopic (exact) mass is 535 g/mol. The number of morpholine rings is 1. The van der Waals surface area contributed by atoms with Crippen LogP contribution in [0.3, 0.4) is 0 Å². The summed E-state index contributed by atoms with van der Waals surface area (Å²) in [6.07, 6.45) is 4.04. The molecule has 38 heavy (non-hydrogen) atoms. The number of nitrogens with one attached hydrogen (secondary N) is 3. The van der Waals surface area contributed by atoms with E-state index in [0.29, 0.717) is 34.7 Å². The Morgan fingerprint density at radius 1 is 1.05 bits per heavy atom. The largest absolute Gasteiger partial charge is 0.493 e. The van der Waals surface area contributed by atoms with Crippen LogP contribution in [0.4, 0.5) is 27.1 Å². The molecule has 2 aromatic heterocycles. The van der Waals surface area contributed by atoms with Crippen LogP contribution < -0.4 is 25.4 Å². The normalized spacial score (nSPS) is 13.7. The fourth-order valence-corrected chi connectivity index (χ4v) is 4.57. The second-order valence-corrected chi connectivity index (χ2v) is 9.41. The van der Waals surface area contributed by atoms with Gasteiger partial charge in [0.05, 0.1) is 32.4 Å². The summed E-state index contributed by atoms with van der Waals surface area (Å²) in [7, 11) is 1.62. The molecule has 0 spiro atoms. The average molecular weight is 536 g/mol. The van der Waals surface area contributed by atoms with Crippen molar-refractivity contribution in [3.63, 3.8) is 0 Å². The summed E-state index contributed by atoms with van der Waals surface area (Å²) in [6.45, 7) is 5.03. The van der Waals surface area contributed by atoms with Gasteiger partial charge in [0, 0.05) is 54.0 Å². The van der Waals surface area contributed by atoms with Crippen LogP contribution in [0.15, 0.2) is 54.3 Å². The lowest BCUT2D eigenvalue weighted by atomic mass is 10.2. The fraction of sp³-hybridized carbons (Fsp3) is 0.308. The first-order valence-electron chi connectivity index (χ1n) is 12.3. The number of nitrogens with zero attached hydrogens (tertiary/aromatic N) is 4. The number of thiazole rings is 1. The molecule has 0 unspecified atom stereocenters. The molecule has 0 saturated carbocycles. The summed E-state index contributed by atoms with van der Waals surface area (Å²) in [4.78, 5) is 27.4. The van der Waals surface area contributed by atoms with Crippen molar-refractivity contribution < 1.29 is 19.0 Å². The molecule has 3 heterocycles. The van der Waals surface area contributed by atoms with Crippen molar-refractivity contribution in [3.05, 3.63) is 54.3 Å². The number of anilines is 4. The van der Waals surface area contributed by atoms with E-state index >= 15 is 0 Å². The molecule has 11 nitrogen and oxygen atoms in total. The molecule has 4 aromatic rings. The van der Waals surface area contributed by atoms with Gasteiger partial charge < -0.3 is 24.8 Å². The number of hydrogen-bond acceptors (Lipinski definition) is 10. The third kappa shape index (κ3) is 6.65. The minimum Gasteiger partial charge on any atom is -0.493 e. The van der Waals surface area contributed by atoms with Crippen LogP contribution in [0, 0.1) is 0 Å². The summed E-state index contributed by atoms with van der Waals surface area (Å²) in [6, 6.07) is 10.7. The Hall–Kier alpha value is -4.00. The molecule has 0 bridgehead atoms. The van der Waals surface area contributed by atoms with Crippen molar-refractivity contribution in [2.75, 3.05) is 62.5 Å². The van der Waals surface area contributed by atoms with Crippen LogP contribution in [0.2, 0.25) is 0 Å². The lowest BCUT2D eigenvalue weighted by Crippen LogP contribution is -2.37. The van der Waals surface area contributed by atoms with Gasteiger partial charge in [-0.2, -0.15) is 0 Å². The van der Waals surface area contributed by atoms with E-state index in [0.717, 1.165) is 55.9 Å². The highest BCUT2D eigenvalue weighted by Crippen LogP contribution is 2.35. The van der Waals surface area contributed by atoms with E-state index in [4.69, 9.17) is 14.2 Å². The van der Waals surface area contributed by atoms with E-state index in [1.54, 1.807) is 30.8 Å². The minimum atomic E-state index is -0.353. The number of urea groups is 1. The molecule has 1 fully saturated rings. The number of aromatic nitrogens is 3. The standard InChI is InChI=1S/C26H29N7O4S/c1-35-22-16-21-20(15-23(22)37-11-2-8-33-9-12-36-13-10-33)24(29-17-28-21)30-18-3-5-19(6-4-18)31-25(34)32-26-27-7-14-38-26/h3-7,14-17H,2,8-13H2,1H3,(H,28,29,30)(H2,27,31,32,34). The van der Waals surface area contributed by atoms with Gasteiger partial charge >= 0.3 is 6.03 Å². The SMILES string of the molecule is COc1cc2ncnc(Nc3ccc(NC(=O)Nc4nccs4)cc3)c2cc1OCCCN1CCOCC1. The number of ether oxygens (including phenoxy) is 3. The fourth-order valence-electron chi connectivity index (χ4n) is 4.05. The number of carbonyl (C=O) groups excluding carboxylic acids is 1. The number of methoxy groups -OCH3 is 1. The van der Waals surface area contributed by atoms with Gasteiger partial charge in [-0.1, -0.05) is 0 Å². The van der Waals surface area contributed by atoms with Crippen molar-refractivity contribution in [1.29, 1.82) is 0 Å². The molecule has 0 aliphatic carbocycles. The minimum absolute atomic E-state index is 0.353. The Labute approximate surface area is 224 Å². The molecule has 1 aliphatic heterocycles. The zero-order valence-corrected chi connectivity index (χ0v) is 21.8. The first-order chi connectivity index (χ1) is 18.7. The van der Waals surface area contributed by atoms with Crippen molar-refractivity contribution >= 4 is 50.6 Å². The molecule has 2 aromatic carbocycles. The second-order valence-electron chi connectivity index (χ2n) is 8.52. The van der Waals surface area contributed by atoms with Gasteiger partial charge in [0.2, 0.25) is 0 Å². The first-order valence-corrected chi connectivity index (χ1v) is 13.2. The quantitative estimate of drug-likeness (QED) is 0.250. The molecule has 0 atom stereocenters. The summed E-state index contributed by atoms with van der Waals surface area (Å²) in [5.74, 6) is 1.91. The molecule has 1 aliphatic rings. The van der Waals surface area contributed by atoms with Gasteiger partial charge in [-0.25, -0.2) is 19.7 Å². The van der Waals surface area contributed by atoms with E-state index in [2.05, 4.69) is 35.8 Å². The zero-order valence-electron chi connectivity index (χ0n) is 21.0. The van der Waals surface area contributed by atoms with Crippen molar-refractivity contribution in [1.82, 2.24) is 19.9 Å². The Morgan fingerprint density at radius 3 is 2.63 bits per heavy atom. The van der Waals surface area contributed by atoms with Gasteiger partial charge in [0.1, 0.15) is 12.1 Å². The van der Waals surface area contributed by atoms with Crippen molar-refractivity contribution in [2.45, 2.75) is 6.42 Å². The van der Waals surface area contributed by atoms with Gasteiger partial charge in [0.25, 0.3) is 0 Å². The Morgan fingerprint density at radius 2 is 1.87 bits per heavy atom. The summed E-state index contributed by atoms with van der Waals surface area (Å²) >= 11 is 1.35. The maximum absolute atomic E-state index is 12.1. The molecule has 0 radical (unpaired) electrons. The smallest absolute Gasteiger partial charge is 0.325 e. The van der Waals surface area contributed by atoms with Crippen LogP contribution in [0.1, 0.15) is 6.42 Å². The lowest BCUT2D eigenvalue weighted by molar-refractivity contribution is 0.0357. The van der Waals surface area contributed by atoms with E-state index in [1.165, 1.54) is 17.7 Å². The Bertz CT molecular complexity index is 1350. The van der Waals surface area contributed by atoms with Gasteiger partial charge in [-0.15, -0.1) is 11.3 Å². The predicted octanol–water partition coefficient (Wildman–Crippen LogP) is 4.58. The number of benzene rings is 2. The molecule has 3 N–H and O–H groups in total. The number of fused-ring (bicyclic) bond motifs is 1. The molecule has 5 rings (SSSR count). The average Bonchev–Trinajstić information content (AvgIpc) is 3.45. The molecule has 1 saturated heterocycles.